The van der Waals surface area contributed by atoms with Crippen LogP contribution < -0.4 is 9.80 Å². The van der Waals surface area contributed by atoms with Crippen molar-refractivity contribution in [3.05, 3.63) is 145 Å². The molecule has 0 heterocycles. The maximum absolute atomic E-state index is 13.7. The van der Waals surface area contributed by atoms with Crippen LogP contribution in [0.1, 0.15) is 48.4 Å². The predicted octanol–water partition coefficient (Wildman–Crippen LogP) is 9.76. The first-order valence-corrected chi connectivity index (χ1v) is 14.7. The molecule has 0 bridgehead atoms. The predicted molar refractivity (Wildman–Crippen MR) is 177 cm³/mol. The summed E-state index contributed by atoms with van der Waals surface area (Å²) in [4.78, 5) is 31.5. The van der Waals surface area contributed by atoms with Crippen LogP contribution in [-0.2, 0) is 9.47 Å². The molecule has 222 valence electrons. The van der Waals surface area contributed by atoms with E-state index in [2.05, 4.69) is 9.80 Å². The Morgan fingerprint density at radius 3 is 0.932 bits per heavy atom. The lowest BCUT2D eigenvalue weighted by Crippen LogP contribution is -2.22. The molecule has 0 unspecified atom stereocenters. The van der Waals surface area contributed by atoms with Crippen molar-refractivity contribution in [2.45, 2.75) is 39.9 Å². The van der Waals surface area contributed by atoms with Crippen LogP contribution in [0.3, 0.4) is 0 Å². The fourth-order valence-corrected chi connectivity index (χ4v) is 4.99. The highest BCUT2D eigenvalue weighted by molar-refractivity contribution is 6.07. The summed E-state index contributed by atoms with van der Waals surface area (Å²) < 4.78 is 11.3. The van der Waals surface area contributed by atoms with Crippen LogP contribution in [0.5, 0.6) is 0 Å². The monoisotopic (exact) mass is 584 g/mol. The fraction of sp³-hybridized carbons (Fsp3) is 0.158. The van der Waals surface area contributed by atoms with Crippen molar-refractivity contribution < 1.29 is 19.1 Å². The molecule has 0 radical (unpaired) electrons. The molecule has 0 fully saturated rings. The molecule has 0 aliphatic rings. The zero-order valence-corrected chi connectivity index (χ0v) is 25.4. The molecule has 0 amide bonds. The van der Waals surface area contributed by atoms with E-state index in [0.717, 1.165) is 22.7 Å². The molecule has 0 spiro atoms. The third-order valence-corrected chi connectivity index (χ3v) is 6.78. The molecule has 5 aromatic rings. The van der Waals surface area contributed by atoms with Gasteiger partial charge >= 0.3 is 11.9 Å². The van der Waals surface area contributed by atoms with Gasteiger partial charge in [-0.1, -0.05) is 72.8 Å². The summed E-state index contributed by atoms with van der Waals surface area (Å²) in [5, 5.41) is 0. The maximum atomic E-state index is 13.7. The highest BCUT2D eigenvalue weighted by Crippen LogP contribution is 2.47. The maximum Gasteiger partial charge on any atom is 0.339 e. The summed E-state index contributed by atoms with van der Waals surface area (Å²) in [5.41, 5.74) is 5.10. The standard InChI is InChI=1S/C38H36N2O4/c1-27(2)43-37(41)33-25-35(39(29-17-9-5-10-18-29)30-19-11-6-12-20-30)36(26-34(33)38(42)44-28(3)4)40(31-21-13-7-14-22-31)32-23-15-8-16-24-32/h5-28H,1-4H3. The summed E-state index contributed by atoms with van der Waals surface area (Å²) in [6, 6.07) is 43.2. The Balaban J connectivity index is 1.89. The van der Waals surface area contributed by atoms with E-state index in [1.807, 2.05) is 121 Å². The summed E-state index contributed by atoms with van der Waals surface area (Å²) in [7, 11) is 0. The number of rotatable bonds is 10. The average Bonchev–Trinajstić information content (AvgIpc) is 3.03. The third kappa shape index (κ3) is 6.81. The second kappa shape index (κ2) is 13.7. The van der Waals surface area contributed by atoms with E-state index < -0.39 is 11.9 Å². The van der Waals surface area contributed by atoms with Crippen molar-refractivity contribution in [2.75, 3.05) is 9.80 Å². The van der Waals surface area contributed by atoms with Crippen molar-refractivity contribution in [3.63, 3.8) is 0 Å². The zero-order valence-electron chi connectivity index (χ0n) is 25.4. The molecule has 0 N–H and O–H groups in total. The normalized spacial score (nSPS) is 10.9. The van der Waals surface area contributed by atoms with E-state index in [-0.39, 0.29) is 23.3 Å². The minimum atomic E-state index is -0.601. The molecule has 0 aliphatic carbocycles. The number of anilines is 6. The Morgan fingerprint density at radius 1 is 0.455 bits per heavy atom. The molecule has 5 aromatic carbocycles. The number of hydrogen-bond donors (Lipinski definition) is 0. The Labute approximate surface area is 259 Å². The van der Waals surface area contributed by atoms with Crippen molar-refractivity contribution in [1.29, 1.82) is 0 Å². The minimum absolute atomic E-state index is 0.126. The lowest BCUT2D eigenvalue weighted by atomic mass is 10.0. The van der Waals surface area contributed by atoms with Crippen LogP contribution >= 0.6 is 0 Å². The molecule has 6 heteroatoms. The SMILES string of the molecule is CC(C)OC(=O)c1cc(N(c2ccccc2)c2ccccc2)c(N(c2ccccc2)c2ccccc2)cc1C(=O)OC(C)C. The number of benzene rings is 5. The highest BCUT2D eigenvalue weighted by atomic mass is 16.5. The van der Waals surface area contributed by atoms with Gasteiger partial charge in [0.25, 0.3) is 0 Å². The summed E-state index contributed by atoms with van der Waals surface area (Å²) in [6.45, 7) is 7.14. The molecule has 0 saturated carbocycles. The molecule has 5 rings (SSSR count). The van der Waals surface area contributed by atoms with Gasteiger partial charge in [0.05, 0.1) is 34.7 Å². The van der Waals surface area contributed by atoms with Gasteiger partial charge in [-0.3, -0.25) is 0 Å². The smallest absolute Gasteiger partial charge is 0.339 e. The number of nitrogens with zero attached hydrogens (tertiary/aromatic N) is 2. The van der Waals surface area contributed by atoms with Crippen LogP contribution in [0.4, 0.5) is 34.1 Å². The van der Waals surface area contributed by atoms with E-state index in [1.54, 1.807) is 39.8 Å². The quantitative estimate of drug-likeness (QED) is 0.152. The molecular formula is C38H36N2O4. The highest BCUT2D eigenvalue weighted by Gasteiger charge is 2.29. The van der Waals surface area contributed by atoms with Gasteiger partial charge in [-0.05, 0) is 88.4 Å². The largest absolute Gasteiger partial charge is 0.459 e. The first-order valence-electron chi connectivity index (χ1n) is 14.7. The first-order chi connectivity index (χ1) is 21.3. The Morgan fingerprint density at radius 2 is 0.705 bits per heavy atom. The van der Waals surface area contributed by atoms with E-state index in [1.165, 1.54) is 0 Å². The molecule has 6 nitrogen and oxygen atoms in total. The molecular weight excluding hydrogens is 548 g/mol. The van der Waals surface area contributed by atoms with Crippen LogP contribution in [0.15, 0.2) is 133 Å². The average molecular weight is 585 g/mol. The van der Waals surface area contributed by atoms with Gasteiger partial charge in [-0.2, -0.15) is 0 Å². The van der Waals surface area contributed by atoms with Crippen LogP contribution in [-0.4, -0.2) is 24.1 Å². The lowest BCUT2D eigenvalue weighted by molar-refractivity contribution is 0.0328. The van der Waals surface area contributed by atoms with Crippen LogP contribution in [0.25, 0.3) is 0 Å². The number of carbonyl (C=O) groups excluding carboxylic acids is 2. The minimum Gasteiger partial charge on any atom is -0.459 e. The van der Waals surface area contributed by atoms with Crippen molar-refractivity contribution >= 4 is 46.1 Å². The summed E-state index contributed by atoms with van der Waals surface area (Å²) in [6.07, 6.45) is -0.770. The van der Waals surface area contributed by atoms with Crippen molar-refractivity contribution in [2.24, 2.45) is 0 Å². The third-order valence-electron chi connectivity index (χ3n) is 6.78. The zero-order chi connectivity index (χ0) is 31.1. The van der Waals surface area contributed by atoms with Gasteiger partial charge in [0.1, 0.15) is 0 Å². The number of esters is 2. The van der Waals surface area contributed by atoms with Gasteiger partial charge in [-0.25, -0.2) is 9.59 Å². The first kappa shape index (κ1) is 30.1. The molecule has 0 saturated heterocycles. The lowest BCUT2D eigenvalue weighted by Gasteiger charge is -2.34. The van der Waals surface area contributed by atoms with Crippen LogP contribution in [0, 0.1) is 0 Å². The molecule has 0 aliphatic heterocycles. The topological polar surface area (TPSA) is 59.1 Å². The van der Waals surface area contributed by atoms with Crippen molar-refractivity contribution in [1.82, 2.24) is 0 Å². The van der Waals surface area contributed by atoms with Crippen molar-refractivity contribution in [3.8, 4) is 0 Å². The van der Waals surface area contributed by atoms with Gasteiger partial charge < -0.3 is 19.3 Å². The number of carbonyl (C=O) groups is 2. The Bertz CT molecular complexity index is 1480. The van der Waals surface area contributed by atoms with Crippen LogP contribution in [0.2, 0.25) is 0 Å². The molecule has 44 heavy (non-hydrogen) atoms. The van der Waals surface area contributed by atoms with E-state index in [0.29, 0.717) is 11.4 Å². The fourth-order valence-electron chi connectivity index (χ4n) is 4.99. The van der Waals surface area contributed by atoms with E-state index in [4.69, 9.17) is 9.47 Å². The van der Waals surface area contributed by atoms with Gasteiger partial charge in [0, 0.05) is 22.7 Å². The van der Waals surface area contributed by atoms with E-state index in [9.17, 15) is 9.59 Å². The molecule has 0 aromatic heterocycles. The number of para-hydroxylation sites is 4. The second-order valence-electron chi connectivity index (χ2n) is 10.8. The van der Waals surface area contributed by atoms with Gasteiger partial charge in [0.2, 0.25) is 0 Å². The van der Waals surface area contributed by atoms with Gasteiger partial charge in [-0.15, -0.1) is 0 Å². The van der Waals surface area contributed by atoms with E-state index >= 15 is 0 Å². The molecule has 0 atom stereocenters. The summed E-state index contributed by atoms with van der Waals surface area (Å²) in [5.74, 6) is -1.20. The Kier molecular flexibility index (Phi) is 9.40. The number of ether oxygens (including phenoxy) is 2. The number of hydrogen-bond acceptors (Lipinski definition) is 6. The summed E-state index contributed by atoms with van der Waals surface area (Å²) >= 11 is 0. The van der Waals surface area contributed by atoms with Gasteiger partial charge in [0.15, 0.2) is 0 Å². The Hall–Kier alpha value is -5.36. The second-order valence-corrected chi connectivity index (χ2v) is 10.8.